The number of carbonyl (C=O) groups excluding carboxylic acids is 1. The molecule has 2 aromatic carbocycles. The number of amides is 1. The largest absolute Gasteiger partial charge is 0.457 e. The molecule has 0 saturated heterocycles. The lowest BCUT2D eigenvalue weighted by atomic mass is 9.87. The van der Waals surface area contributed by atoms with Gasteiger partial charge in [0.1, 0.15) is 11.5 Å². The van der Waals surface area contributed by atoms with Crippen LogP contribution in [-0.4, -0.2) is 22.2 Å². The molecular formula is C21H21N3O2. The Kier molecular flexibility index (Phi) is 4.44. The average Bonchev–Trinajstić information content (AvgIpc) is 3.17. The van der Waals surface area contributed by atoms with Crippen molar-refractivity contribution in [3.05, 3.63) is 78.1 Å². The van der Waals surface area contributed by atoms with Gasteiger partial charge in [-0.25, -0.2) is 0 Å². The molecule has 0 radical (unpaired) electrons. The smallest absolute Gasteiger partial charge is 0.232 e. The van der Waals surface area contributed by atoms with E-state index in [1.807, 2.05) is 65.5 Å². The van der Waals surface area contributed by atoms with Crippen LogP contribution < -0.4 is 10.1 Å². The molecule has 1 aromatic heterocycles. The summed E-state index contributed by atoms with van der Waals surface area (Å²) in [6.45, 7) is 3.47. The molecule has 0 bridgehead atoms. The Bertz CT molecular complexity index is 860. The van der Waals surface area contributed by atoms with E-state index in [2.05, 4.69) is 17.3 Å². The van der Waals surface area contributed by atoms with Gasteiger partial charge in [-0.3, -0.25) is 9.48 Å². The molecule has 1 atom stereocenters. The highest BCUT2D eigenvalue weighted by Gasteiger charge is 2.32. The van der Waals surface area contributed by atoms with Crippen molar-refractivity contribution >= 4 is 5.91 Å². The molecule has 4 rings (SSSR count). The highest BCUT2D eigenvalue weighted by atomic mass is 16.5. The Morgan fingerprint density at radius 2 is 1.77 bits per heavy atom. The fourth-order valence-electron chi connectivity index (χ4n) is 3.36. The predicted molar refractivity (Wildman–Crippen MR) is 99.2 cm³/mol. The van der Waals surface area contributed by atoms with Crippen molar-refractivity contribution in [1.82, 2.24) is 15.1 Å². The quantitative estimate of drug-likeness (QED) is 0.768. The molecule has 5 nitrogen and oxygen atoms in total. The molecule has 26 heavy (non-hydrogen) atoms. The summed E-state index contributed by atoms with van der Waals surface area (Å²) in [5, 5.41) is 7.33. The second kappa shape index (κ2) is 7.04. The molecule has 132 valence electrons. The zero-order chi connectivity index (χ0) is 17.9. The summed E-state index contributed by atoms with van der Waals surface area (Å²) >= 11 is 0. The van der Waals surface area contributed by atoms with Crippen molar-refractivity contribution in [1.29, 1.82) is 0 Å². The first-order valence-corrected chi connectivity index (χ1v) is 8.83. The van der Waals surface area contributed by atoms with E-state index < -0.39 is 0 Å². The molecule has 5 heteroatoms. The van der Waals surface area contributed by atoms with Gasteiger partial charge in [-0.2, -0.15) is 5.10 Å². The lowest BCUT2D eigenvalue weighted by molar-refractivity contribution is -0.122. The van der Waals surface area contributed by atoms with Crippen molar-refractivity contribution < 1.29 is 9.53 Å². The Balaban J connectivity index is 1.52. The summed E-state index contributed by atoms with van der Waals surface area (Å²) in [5.41, 5.74) is 1.81. The fraction of sp³-hybridized carbons (Fsp3) is 0.238. The fourth-order valence-corrected chi connectivity index (χ4v) is 3.36. The molecule has 1 aliphatic rings. The maximum atomic E-state index is 13.0. The normalized spacial score (nSPS) is 14.0. The van der Waals surface area contributed by atoms with Crippen LogP contribution in [0.15, 0.2) is 67.0 Å². The van der Waals surface area contributed by atoms with Crippen LogP contribution in [0.3, 0.4) is 0 Å². The van der Waals surface area contributed by atoms with E-state index >= 15 is 0 Å². The summed E-state index contributed by atoms with van der Waals surface area (Å²) in [5.74, 6) is 1.42. The van der Waals surface area contributed by atoms with Gasteiger partial charge in [0.25, 0.3) is 0 Å². The first-order valence-electron chi connectivity index (χ1n) is 8.83. The number of fused-ring (bicyclic) bond motifs is 2. The van der Waals surface area contributed by atoms with E-state index in [-0.39, 0.29) is 17.7 Å². The van der Waals surface area contributed by atoms with E-state index in [9.17, 15) is 4.79 Å². The first kappa shape index (κ1) is 16.4. The third kappa shape index (κ3) is 3.20. The molecule has 3 aromatic rings. The summed E-state index contributed by atoms with van der Waals surface area (Å²) in [4.78, 5) is 13.0. The Labute approximate surface area is 152 Å². The van der Waals surface area contributed by atoms with E-state index in [0.29, 0.717) is 6.54 Å². The van der Waals surface area contributed by atoms with Crippen molar-refractivity contribution in [2.75, 3.05) is 6.54 Å². The molecule has 0 spiro atoms. The van der Waals surface area contributed by atoms with Crippen molar-refractivity contribution in [2.45, 2.75) is 19.4 Å². The van der Waals surface area contributed by atoms with Crippen molar-refractivity contribution in [3.63, 3.8) is 0 Å². The van der Waals surface area contributed by atoms with Gasteiger partial charge in [0.05, 0.1) is 5.92 Å². The van der Waals surface area contributed by atoms with E-state index in [0.717, 1.165) is 29.2 Å². The van der Waals surface area contributed by atoms with Gasteiger partial charge in [0, 0.05) is 36.6 Å². The maximum absolute atomic E-state index is 13.0. The van der Waals surface area contributed by atoms with Crippen LogP contribution in [0.25, 0.3) is 0 Å². The van der Waals surface area contributed by atoms with Gasteiger partial charge in [0.2, 0.25) is 5.91 Å². The van der Waals surface area contributed by atoms with E-state index in [1.54, 1.807) is 6.20 Å². The minimum Gasteiger partial charge on any atom is -0.457 e. The standard InChI is InChI=1S/C21H21N3O2/c1-15(14-24-12-6-11-23-24)13-22-21(25)20-16-7-2-4-9-18(16)26-19-10-5-3-8-17(19)20/h2-12,15,20H,13-14H2,1H3,(H,22,25)/t15-/m1/s1. The third-order valence-corrected chi connectivity index (χ3v) is 4.62. The zero-order valence-electron chi connectivity index (χ0n) is 14.6. The van der Waals surface area contributed by atoms with Crippen molar-refractivity contribution in [2.24, 2.45) is 5.92 Å². The molecule has 2 heterocycles. The topological polar surface area (TPSA) is 56.1 Å². The van der Waals surface area contributed by atoms with E-state index in [4.69, 9.17) is 4.74 Å². The van der Waals surface area contributed by atoms with Gasteiger partial charge in [-0.1, -0.05) is 43.3 Å². The van der Waals surface area contributed by atoms with Crippen LogP contribution >= 0.6 is 0 Å². The molecule has 0 unspecified atom stereocenters. The summed E-state index contributed by atoms with van der Waals surface area (Å²) in [7, 11) is 0. The lowest BCUT2D eigenvalue weighted by Crippen LogP contribution is -2.35. The number of hydrogen-bond acceptors (Lipinski definition) is 3. The highest BCUT2D eigenvalue weighted by Crippen LogP contribution is 2.43. The Morgan fingerprint density at radius 1 is 1.12 bits per heavy atom. The van der Waals surface area contributed by atoms with Crippen LogP contribution in [0.5, 0.6) is 11.5 Å². The Hall–Kier alpha value is -3.08. The van der Waals surface area contributed by atoms with E-state index in [1.165, 1.54) is 0 Å². The second-order valence-corrected chi connectivity index (χ2v) is 6.69. The predicted octanol–water partition coefficient (Wildman–Crippen LogP) is 3.57. The van der Waals surface area contributed by atoms with Crippen LogP contribution in [0.4, 0.5) is 0 Å². The molecular weight excluding hydrogens is 326 g/mol. The summed E-state index contributed by atoms with van der Waals surface area (Å²) < 4.78 is 7.85. The molecule has 0 fully saturated rings. The van der Waals surface area contributed by atoms with Gasteiger partial charge < -0.3 is 10.1 Å². The van der Waals surface area contributed by atoms with Crippen LogP contribution in [0.2, 0.25) is 0 Å². The number of nitrogens with zero attached hydrogens (tertiary/aromatic N) is 2. The lowest BCUT2D eigenvalue weighted by Gasteiger charge is -2.27. The molecule has 1 aliphatic heterocycles. The number of para-hydroxylation sites is 2. The summed E-state index contributed by atoms with van der Waals surface area (Å²) in [6.07, 6.45) is 3.70. The van der Waals surface area contributed by atoms with Gasteiger partial charge >= 0.3 is 0 Å². The number of benzene rings is 2. The SMILES string of the molecule is C[C@H](CNC(=O)C1c2ccccc2Oc2ccccc21)Cn1cccn1. The first-order chi connectivity index (χ1) is 12.7. The monoisotopic (exact) mass is 347 g/mol. The zero-order valence-corrected chi connectivity index (χ0v) is 14.6. The molecule has 1 N–H and O–H groups in total. The maximum Gasteiger partial charge on any atom is 0.232 e. The average molecular weight is 347 g/mol. The number of nitrogens with one attached hydrogen (secondary N) is 1. The highest BCUT2D eigenvalue weighted by molar-refractivity contribution is 5.89. The van der Waals surface area contributed by atoms with Crippen molar-refractivity contribution in [3.8, 4) is 11.5 Å². The number of carbonyl (C=O) groups is 1. The minimum atomic E-state index is -0.354. The van der Waals surface area contributed by atoms with Crippen LogP contribution in [0, 0.1) is 5.92 Å². The van der Waals surface area contributed by atoms with Crippen LogP contribution in [0.1, 0.15) is 24.0 Å². The number of hydrogen-bond donors (Lipinski definition) is 1. The number of rotatable bonds is 5. The molecule has 0 saturated carbocycles. The minimum absolute atomic E-state index is 0.000477. The van der Waals surface area contributed by atoms with Crippen LogP contribution in [-0.2, 0) is 11.3 Å². The van der Waals surface area contributed by atoms with Gasteiger partial charge in [-0.15, -0.1) is 0 Å². The molecule has 1 amide bonds. The third-order valence-electron chi connectivity index (χ3n) is 4.62. The Morgan fingerprint density at radius 3 is 2.38 bits per heavy atom. The second-order valence-electron chi connectivity index (χ2n) is 6.69. The molecule has 0 aliphatic carbocycles. The van der Waals surface area contributed by atoms with Gasteiger partial charge in [-0.05, 0) is 24.1 Å². The number of ether oxygens (including phenoxy) is 1. The summed E-state index contributed by atoms with van der Waals surface area (Å²) in [6, 6.07) is 17.4. The van der Waals surface area contributed by atoms with Gasteiger partial charge in [0.15, 0.2) is 0 Å². The number of aromatic nitrogens is 2.